The predicted octanol–water partition coefficient (Wildman–Crippen LogP) is 4.37. The normalized spacial score (nSPS) is 18.2. The van der Waals surface area contributed by atoms with Crippen molar-refractivity contribution in [2.45, 2.75) is 51.6 Å². The lowest BCUT2D eigenvalue weighted by atomic mass is 9.98. The highest BCUT2D eigenvalue weighted by Gasteiger charge is 2.52. The Hall–Kier alpha value is -5.22. The number of hydrazine groups is 1. The fourth-order valence-electron chi connectivity index (χ4n) is 6.53. The van der Waals surface area contributed by atoms with Crippen LogP contribution in [0.3, 0.4) is 0 Å². The smallest absolute Gasteiger partial charge is 0.332 e. The van der Waals surface area contributed by atoms with Crippen LogP contribution in [0.5, 0.6) is 0 Å². The number of urea groups is 1. The molecular formula is C36H38N6O4. The minimum atomic E-state index is -0.766. The topological polar surface area (TPSA) is 105 Å². The molecule has 0 aromatic heterocycles. The minimum absolute atomic E-state index is 0.0182. The number of benzene rings is 4. The zero-order chi connectivity index (χ0) is 32.2. The standard InChI is InChI=1S/C36H38N6O4/c1-25(2)42(36(46)37-20-27-9-4-3-5-10-27)40-23-34(44)41-32(19-26-15-17-30(18-16-26)38-24-43)35(45)39(22-33(40)41)21-29-13-8-12-28-11-6-7-14-31(28)29/h3-18,24-25,32-33H,19-23H2,1-2H3,(H,37,46)(H,38,43)/t32-,33+/m0/s1. The summed E-state index contributed by atoms with van der Waals surface area (Å²) in [5.74, 6) is -0.340. The van der Waals surface area contributed by atoms with Gasteiger partial charge in [-0.1, -0.05) is 84.9 Å². The summed E-state index contributed by atoms with van der Waals surface area (Å²) in [4.78, 5) is 56.2. The maximum absolute atomic E-state index is 14.3. The minimum Gasteiger partial charge on any atom is -0.333 e. The molecule has 236 valence electrons. The van der Waals surface area contributed by atoms with E-state index in [0.29, 0.717) is 31.6 Å². The third-order valence-electron chi connectivity index (χ3n) is 8.68. The zero-order valence-corrected chi connectivity index (χ0v) is 26.0. The Morgan fingerprint density at radius 3 is 2.37 bits per heavy atom. The lowest BCUT2D eigenvalue weighted by Gasteiger charge is -2.47. The lowest BCUT2D eigenvalue weighted by Crippen LogP contribution is -2.66. The molecule has 0 radical (unpaired) electrons. The van der Waals surface area contributed by atoms with Gasteiger partial charge in [0.05, 0.1) is 13.1 Å². The fourth-order valence-corrected chi connectivity index (χ4v) is 6.53. The molecule has 0 saturated carbocycles. The van der Waals surface area contributed by atoms with Gasteiger partial charge in [0.15, 0.2) is 0 Å². The van der Waals surface area contributed by atoms with Gasteiger partial charge in [-0.25, -0.2) is 4.79 Å². The molecule has 5 amide bonds. The maximum Gasteiger partial charge on any atom is 0.332 e. The number of fused-ring (bicyclic) bond motifs is 2. The van der Waals surface area contributed by atoms with Crippen molar-refractivity contribution in [3.63, 3.8) is 0 Å². The van der Waals surface area contributed by atoms with Crippen molar-refractivity contribution in [1.29, 1.82) is 0 Å². The number of nitrogens with zero attached hydrogens (tertiary/aromatic N) is 4. The van der Waals surface area contributed by atoms with Crippen molar-refractivity contribution in [2.75, 3.05) is 18.4 Å². The molecule has 10 heteroatoms. The van der Waals surface area contributed by atoms with Gasteiger partial charge in [0.2, 0.25) is 18.2 Å². The summed E-state index contributed by atoms with van der Waals surface area (Å²) >= 11 is 0. The second-order valence-corrected chi connectivity index (χ2v) is 12.0. The number of nitrogens with one attached hydrogen (secondary N) is 2. The van der Waals surface area contributed by atoms with Crippen molar-refractivity contribution < 1.29 is 19.2 Å². The van der Waals surface area contributed by atoms with E-state index in [1.807, 2.05) is 90.5 Å². The first-order chi connectivity index (χ1) is 22.3. The van der Waals surface area contributed by atoms with Crippen LogP contribution in [0.25, 0.3) is 10.8 Å². The Morgan fingerprint density at radius 2 is 1.63 bits per heavy atom. The van der Waals surface area contributed by atoms with Crippen molar-refractivity contribution in [3.05, 3.63) is 114 Å². The number of amides is 5. The average molecular weight is 619 g/mol. The van der Waals surface area contributed by atoms with Crippen LogP contribution < -0.4 is 10.6 Å². The number of hydrogen-bond acceptors (Lipinski definition) is 5. The van der Waals surface area contributed by atoms with E-state index >= 15 is 0 Å². The Kier molecular flexibility index (Phi) is 8.98. The van der Waals surface area contributed by atoms with Crippen LogP contribution in [0.2, 0.25) is 0 Å². The Bertz CT molecular complexity index is 1720. The van der Waals surface area contributed by atoms with Crippen LogP contribution >= 0.6 is 0 Å². The molecule has 46 heavy (non-hydrogen) atoms. The number of anilines is 1. The van der Waals surface area contributed by atoms with E-state index < -0.39 is 12.2 Å². The molecule has 10 nitrogen and oxygen atoms in total. The summed E-state index contributed by atoms with van der Waals surface area (Å²) < 4.78 is 0. The number of rotatable bonds is 10. The summed E-state index contributed by atoms with van der Waals surface area (Å²) in [5, 5.41) is 11.2. The molecule has 4 aromatic rings. The number of piperazine rings is 1. The van der Waals surface area contributed by atoms with E-state index in [1.165, 1.54) is 0 Å². The highest BCUT2D eigenvalue weighted by atomic mass is 16.2. The summed E-state index contributed by atoms with van der Waals surface area (Å²) in [6.07, 6.45) is 0.374. The molecular weight excluding hydrogens is 580 g/mol. The predicted molar refractivity (Wildman–Crippen MR) is 176 cm³/mol. The van der Waals surface area contributed by atoms with E-state index in [-0.39, 0.29) is 37.0 Å². The first kappa shape index (κ1) is 30.8. The molecule has 4 aromatic carbocycles. The van der Waals surface area contributed by atoms with Crippen LogP contribution in [0.1, 0.15) is 30.5 Å². The van der Waals surface area contributed by atoms with Crippen molar-refractivity contribution in [2.24, 2.45) is 0 Å². The average Bonchev–Trinajstić information content (AvgIpc) is 3.38. The summed E-state index contributed by atoms with van der Waals surface area (Å²) in [7, 11) is 0. The van der Waals surface area contributed by atoms with E-state index in [9.17, 15) is 19.2 Å². The summed E-state index contributed by atoms with van der Waals surface area (Å²) in [6, 6.07) is 29.8. The zero-order valence-electron chi connectivity index (χ0n) is 26.0. The molecule has 0 unspecified atom stereocenters. The van der Waals surface area contributed by atoms with E-state index in [0.717, 1.165) is 27.5 Å². The van der Waals surface area contributed by atoms with Gasteiger partial charge < -0.3 is 20.4 Å². The van der Waals surface area contributed by atoms with Crippen LogP contribution in [0.15, 0.2) is 97.1 Å². The Labute approximate surface area is 268 Å². The van der Waals surface area contributed by atoms with Gasteiger partial charge in [-0.15, -0.1) is 0 Å². The quantitative estimate of drug-likeness (QED) is 0.257. The molecule has 0 spiro atoms. The SMILES string of the molecule is CC(C)N(C(=O)NCc1ccccc1)N1CC(=O)N2[C@@H](Cc3ccc(NC=O)cc3)C(=O)N(Cc3cccc4ccccc34)C[C@@H]21. The molecule has 0 aliphatic carbocycles. The second kappa shape index (κ2) is 13.4. The first-order valence-corrected chi connectivity index (χ1v) is 15.6. The number of carbonyl (C=O) groups excluding carboxylic acids is 4. The molecule has 2 aliphatic rings. The van der Waals surface area contributed by atoms with Crippen molar-refractivity contribution >= 4 is 40.7 Å². The van der Waals surface area contributed by atoms with Gasteiger partial charge in [-0.2, -0.15) is 5.01 Å². The Balaban J connectivity index is 1.32. The van der Waals surface area contributed by atoms with Crippen molar-refractivity contribution in [3.8, 4) is 0 Å². The van der Waals surface area contributed by atoms with Crippen LogP contribution in [0.4, 0.5) is 10.5 Å². The third-order valence-corrected chi connectivity index (χ3v) is 8.68. The molecule has 0 bridgehead atoms. The maximum atomic E-state index is 14.3. The highest BCUT2D eigenvalue weighted by molar-refractivity contribution is 5.92. The first-order valence-electron chi connectivity index (χ1n) is 15.6. The number of hydrogen-bond donors (Lipinski definition) is 2. The Morgan fingerprint density at radius 1 is 0.913 bits per heavy atom. The molecule has 6 rings (SSSR count). The molecule has 2 heterocycles. The van der Waals surface area contributed by atoms with Gasteiger partial charge in [0, 0.05) is 31.2 Å². The van der Waals surface area contributed by atoms with Gasteiger partial charge in [-0.05, 0) is 53.4 Å². The summed E-state index contributed by atoms with van der Waals surface area (Å²) in [5.41, 5.74) is 3.48. The van der Waals surface area contributed by atoms with Crippen molar-refractivity contribution in [1.82, 2.24) is 25.1 Å². The van der Waals surface area contributed by atoms with E-state index in [2.05, 4.69) is 28.8 Å². The molecule has 2 saturated heterocycles. The van der Waals surface area contributed by atoms with E-state index in [1.54, 1.807) is 22.0 Å². The third kappa shape index (κ3) is 6.29. The number of carbonyl (C=O) groups is 4. The summed E-state index contributed by atoms with van der Waals surface area (Å²) in [6.45, 7) is 4.79. The van der Waals surface area contributed by atoms with E-state index in [4.69, 9.17) is 0 Å². The highest BCUT2D eigenvalue weighted by Crippen LogP contribution is 2.32. The molecule has 2 N–H and O–H groups in total. The van der Waals surface area contributed by atoms with Gasteiger partial charge in [0.25, 0.3) is 0 Å². The largest absolute Gasteiger partial charge is 0.333 e. The van der Waals surface area contributed by atoms with Crippen LogP contribution in [-0.4, -0.2) is 75.4 Å². The van der Waals surface area contributed by atoms with Gasteiger partial charge >= 0.3 is 6.03 Å². The van der Waals surface area contributed by atoms with Gasteiger partial charge in [-0.3, -0.25) is 19.4 Å². The van der Waals surface area contributed by atoms with Crippen LogP contribution in [-0.2, 0) is 33.9 Å². The molecule has 2 atom stereocenters. The van der Waals surface area contributed by atoms with Gasteiger partial charge in [0.1, 0.15) is 12.2 Å². The monoisotopic (exact) mass is 618 g/mol. The van der Waals surface area contributed by atoms with Crippen LogP contribution in [0, 0.1) is 0 Å². The second-order valence-electron chi connectivity index (χ2n) is 12.0. The fraction of sp³-hybridized carbons (Fsp3) is 0.278. The lowest BCUT2D eigenvalue weighted by molar-refractivity contribution is -0.158. The molecule has 2 aliphatic heterocycles. The molecule has 2 fully saturated rings.